The molecule has 0 aliphatic carbocycles. The minimum absolute atomic E-state index is 0.139. The average Bonchev–Trinajstić information content (AvgIpc) is 2.58. The molecule has 0 aliphatic rings. The summed E-state index contributed by atoms with van der Waals surface area (Å²) in [6.07, 6.45) is 0. The molecule has 2 rings (SSSR count). The molecule has 0 heterocycles. The number of amides is 1. The second kappa shape index (κ2) is 8.56. The third kappa shape index (κ3) is 4.62. The van der Waals surface area contributed by atoms with E-state index in [0.717, 1.165) is 11.1 Å². The highest BCUT2D eigenvalue weighted by Gasteiger charge is 2.16. The molecule has 0 aromatic heterocycles. The lowest BCUT2D eigenvalue weighted by Gasteiger charge is -2.11. The molecule has 0 aliphatic heterocycles. The van der Waals surface area contributed by atoms with E-state index in [2.05, 4.69) is 21.2 Å². The fourth-order valence-electron chi connectivity index (χ4n) is 2.15. The zero-order valence-corrected chi connectivity index (χ0v) is 14.7. The number of hydrogen-bond donors (Lipinski definition) is 1. The number of carbonyl (C=O) groups excluding carboxylic acids is 1. The smallest absolute Gasteiger partial charge is 0.284 e. The van der Waals surface area contributed by atoms with Crippen molar-refractivity contribution < 1.29 is 14.5 Å². The summed E-state index contributed by atoms with van der Waals surface area (Å²) in [5.74, 6) is -0.364. The zero-order chi connectivity index (χ0) is 17.5. The summed E-state index contributed by atoms with van der Waals surface area (Å²) >= 11 is 3.10. The van der Waals surface area contributed by atoms with E-state index in [0.29, 0.717) is 24.2 Å². The molecule has 0 fully saturated rings. The maximum Gasteiger partial charge on any atom is 0.284 e. The van der Waals surface area contributed by atoms with Gasteiger partial charge in [0.1, 0.15) is 0 Å². The van der Waals surface area contributed by atoms with Crippen LogP contribution >= 0.6 is 15.9 Å². The van der Waals surface area contributed by atoms with Crippen molar-refractivity contribution in [2.75, 3.05) is 6.61 Å². The Morgan fingerprint density at radius 1 is 1.25 bits per heavy atom. The Morgan fingerprint density at radius 3 is 2.62 bits per heavy atom. The van der Waals surface area contributed by atoms with Crippen LogP contribution in [0.25, 0.3) is 0 Å². The van der Waals surface area contributed by atoms with E-state index < -0.39 is 4.92 Å². The molecule has 0 unspecified atom stereocenters. The molecular weight excluding hydrogens is 376 g/mol. The van der Waals surface area contributed by atoms with Crippen molar-refractivity contribution in [1.82, 2.24) is 5.32 Å². The number of nitrogens with zero attached hydrogens (tertiary/aromatic N) is 1. The first-order valence-electron chi connectivity index (χ1n) is 7.39. The number of rotatable bonds is 7. The van der Waals surface area contributed by atoms with Crippen LogP contribution in [0.2, 0.25) is 0 Å². The van der Waals surface area contributed by atoms with Crippen LogP contribution in [0.5, 0.6) is 0 Å². The highest BCUT2D eigenvalue weighted by molar-refractivity contribution is 9.10. The molecule has 7 heteroatoms. The van der Waals surface area contributed by atoms with Crippen molar-refractivity contribution in [3.63, 3.8) is 0 Å². The standard InChI is InChI=1S/C17H17BrN2O4/c1-2-24-11-14-6-4-3-5-13(14)10-19-17(21)12-7-8-15(18)16(9-12)20(22)23/h3-9H,2,10-11H2,1H3,(H,19,21). The third-order valence-corrected chi connectivity index (χ3v) is 4.10. The first-order chi connectivity index (χ1) is 11.5. The second-order valence-electron chi connectivity index (χ2n) is 5.01. The molecule has 24 heavy (non-hydrogen) atoms. The van der Waals surface area contributed by atoms with Crippen molar-refractivity contribution in [1.29, 1.82) is 0 Å². The van der Waals surface area contributed by atoms with Gasteiger partial charge in [0.05, 0.1) is 16.0 Å². The normalized spacial score (nSPS) is 10.4. The number of nitrogens with one attached hydrogen (secondary N) is 1. The summed E-state index contributed by atoms with van der Waals surface area (Å²) in [6, 6.07) is 12.0. The number of carbonyl (C=O) groups is 1. The van der Waals surface area contributed by atoms with Crippen molar-refractivity contribution in [2.24, 2.45) is 0 Å². The van der Waals surface area contributed by atoms with Crippen LogP contribution in [0, 0.1) is 10.1 Å². The van der Waals surface area contributed by atoms with Gasteiger partial charge in [-0.15, -0.1) is 0 Å². The molecule has 126 valence electrons. The molecule has 0 atom stereocenters. The van der Waals surface area contributed by atoms with Gasteiger partial charge in [0.15, 0.2) is 0 Å². The Labute approximate surface area is 148 Å². The van der Waals surface area contributed by atoms with Crippen LogP contribution in [0.15, 0.2) is 46.9 Å². The Morgan fingerprint density at radius 2 is 1.96 bits per heavy atom. The number of benzene rings is 2. The van der Waals surface area contributed by atoms with Gasteiger partial charge >= 0.3 is 0 Å². The minimum Gasteiger partial charge on any atom is -0.377 e. The minimum atomic E-state index is -0.530. The maximum absolute atomic E-state index is 12.2. The Kier molecular flexibility index (Phi) is 6.45. The number of nitro benzene ring substituents is 1. The van der Waals surface area contributed by atoms with Gasteiger partial charge in [0, 0.05) is 24.8 Å². The molecule has 1 N–H and O–H groups in total. The van der Waals surface area contributed by atoms with Crippen molar-refractivity contribution in [3.05, 3.63) is 73.7 Å². The largest absolute Gasteiger partial charge is 0.377 e. The topological polar surface area (TPSA) is 81.5 Å². The van der Waals surface area contributed by atoms with Crippen molar-refractivity contribution in [3.8, 4) is 0 Å². The van der Waals surface area contributed by atoms with E-state index in [1.54, 1.807) is 6.07 Å². The van der Waals surface area contributed by atoms with Gasteiger partial charge in [0.2, 0.25) is 0 Å². The molecule has 2 aromatic rings. The summed E-state index contributed by atoms with van der Waals surface area (Å²) in [6.45, 7) is 3.34. The summed E-state index contributed by atoms with van der Waals surface area (Å²) in [4.78, 5) is 22.7. The van der Waals surface area contributed by atoms with Crippen LogP contribution in [0.1, 0.15) is 28.4 Å². The van der Waals surface area contributed by atoms with E-state index in [1.165, 1.54) is 12.1 Å². The van der Waals surface area contributed by atoms with Crippen LogP contribution in [0.3, 0.4) is 0 Å². The third-order valence-electron chi connectivity index (χ3n) is 3.42. The maximum atomic E-state index is 12.2. The predicted molar refractivity (Wildman–Crippen MR) is 93.7 cm³/mol. The molecule has 1 amide bonds. The summed E-state index contributed by atoms with van der Waals surface area (Å²) in [5.41, 5.74) is 2.05. The Balaban J connectivity index is 2.09. The van der Waals surface area contributed by atoms with Crippen molar-refractivity contribution >= 4 is 27.5 Å². The SMILES string of the molecule is CCOCc1ccccc1CNC(=O)c1ccc(Br)c([N+](=O)[O-])c1. The van der Waals surface area contributed by atoms with Crippen LogP contribution < -0.4 is 5.32 Å². The van der Waals surface area contributed by atoms with Gasteiger partial charge in [-0.05, 0) is 46.1 Å². The highest BCUT2D eigenvalue weighted by atomic mass is 79.9. The summed E-state index contributed by atoms with van der Waals surface area (Å²) in [7, 11) is 0. The molecule has 0 saturated heterocycles. The zero-order valence-electron chi connectivity index (χ0n) is 13.1. The van der Waals surface area contributed by atoms with Crippen LogP contribution in [-0.2, 0) is 17.9 Å². The van der Waals surface area contributed by atoms with Gasteiger partial charge in [-0.3, -0.25) is 14.9 Å². The van der Waals surface area contributed by atoms with Crippen LogP contribution in [0.4, 0.5) is 5.69 Å². The van der Waals surface area contributed by atoms with Gasteiger partial charge < -0.3 is 10.1 Å². The van der Waals surface area contributed by atoms with E-state index in [-0.39, 0.29) is 17.2 Å². The van der Waals surface area contributed by atoms with E-state index in [9.17, 15) is 14.9 Å². The van der Waals surface area contributed by atoms with Gasteiger partial charge in [-0.1, -0.05) is 24.3 Å². The van der Waals surface area contributed by atoms with Gasteiger partial charge in [-0.2, -0.15) is 0 Å². The van der Waals surface area contributed by atoms with E-state index in [4.69, 9.17) is 4.74 Å². The molecule has 2 aromatic carbocycles. The Hall–Kier alpha value is -2.25. The fourth-order valence-corrected chi connectivity index (χ4v) is 2.55. The number of halogens is 1. The lowest BCUT2D eigenvalue weighted by Crippen LogP contribution is -2.23. The van der Waals surface area contributed by atoms with E-state index in [1.807, 2.05) is 31.2 Å². The monoisotopic (exact) mass is 392 g/mol. The Bertz CT molecular complexity index is 749. The molecular formula is C17H17BrN2O4. The summed E-state index contributed by atoms with van der Waals surface area (Å²) in [5, 5.41) is 13.7. The molecule has 0 radical (unpaired) electrons. The lowest BCUT2D eigenvalue weighted by molar-refractivity contribution is -0.385. The molecule has 0 bridgehead atoms. The van der Waals surface area contributed by atoms with Gasteiger partial charge in [-0.25, -0.2) is 0 Å². The predicted octanol–water partition coefficient (Wildman–Crippen LogP) is 3.82. The van der Waals surface area contributed by atoms with E-state index >= 15 is 0 Å². The first kappa shape index (κ1) is 18.1. The average molecular weight is 393 g/mol. The van der Waals surface area contributed by atoms with Crippen molar-refractivity contribution in [2.45, 2.75) is 20.1 Å². The molecule has 0 spiro atoms. The number of hydrogen-bond acceptors (Lipinski definition) is 4. The quantitative estimate of drug-likeness (QED) is 0.573. The highest BCUT2D eigenvalue weighted by Crippen LogP contribution is 2.25. The molecule has 0 saturated carbocycles. The second-order valence-corrected chi connectivity index (χ2v) is 5.87. The molecule has 6 nitrogen and oxygen atoms in total. The fraction of sp³-hybridized carbons (Fsp3) is 0.235. The lowest BCUT2D eigenvalue weighted by atomic mass is 10.1. The number of ether oxygens (including phenoxy) is 1. The summed E-state index contributed by atoms with van der Waals surface area (Å²) < 4.78 is 5.75. The first-order valence-corrected chi connectivity index (χ1v) is 8.19. The van der Waals surface area contributed by atoms with Gasteiger partial charge in [0.25, 0.3) is 11.6 Å². The van der Waals surface area contributed by atoms with Crippen LogP contribution in [-0.4, -0.2) is 17.4 Å². The number of nitro groups is 1.